The minimum atomic E-state index is -0.0925. The summed E-state index contributed by atoms with van der Waals surface area (Å²) >= 11 is 1.36. The number of rotatable bonds is 8. The number of amides is 1. The number of benzene rings is 2. The lowest BCUT2D eigenvalue weighted by atomic mass is 10.2. The number of aromatic nitrogens is 4. The Bertz CT molecular complexity index is 881. The predicted octanol–water partition coefficient (Wildman–Crippen LogP) is 2.84. The van der Waals surface area contributed by atoms with Crippen molar-refractivity contribution >= 4 is 23.4 Å². The molecule has 1 saturated carbocycles. The summed E-state index contributed by atoms with van der Waals surface area (Å²) in [5, 5.41) is 14.3. The van der Waals surface area contributed by atoms with Crippen LogP contribution in [0.1, 0.15) is 24.4 Å². The van der Waals surface area contributed by atoms with Crippen LogP contribution in [0.15, 0.2) is 65.8 Å². The molecular weight excluding hydrogens is 360 g/mol. The molecule has 0 aliphatic heterocycles. The number of thioether (sulfide) groups is 1. The van der Waals surface area contributed by atoms with Gasteiger partial charge < -0.3 is 0 Å². The first-order valence-electron chi connectivity index (χ1n) is 8.86. The number of carbonyl (C=O) groups excluding carboxylic acids is 1. The van der Waals surface area contributed by atoms with E-state index in [1.807, 2.05) is 70.4 Å². The van der Waals surface area contributed by atoms with E-state index in [2.05, 4.69) is 21.0 Å². The topological polar surface area (TPSA) is 75.9 Å². The van der Waals surface area contributed by atoms with Gasteiger partial charge in [0.2, 0.25) is 11.1 Å². The van der Waals surface area contributed by atoms with Crippen LogP contribution in [0, 0.1) is 0 Å². The predicted molar refractivity (Wildman–Crippen MR) is 104 cm³/mol. The molecule has 1 fully saturated rings. The Morgan fingerprint density at radius 3 is 2.52 bits per heavy atom. The Hall–Kier alpha value is -2.87. The van der Waals surface area contributed by atoms with E-state index in [0.29, 0.717) is 17.7 Å². The molecule has 0 saturated heterocycles. The Balaban J connectivity index is 1.41. The second-order valence-corrected chi connectivity index (χ2v) is 7.31. The number of hydrazine groups is 1. The summed E-state index contributed by atoms with van der Waals surface area (Å²) in [6.45, 7) is 0.584. The van der Waals surface area contributed by atoms with Crippen LogP contribution in [0.5, 0.6) is 0 Å². The first kappa shape index (κ1) is 17.5. The quantitative estimate of drug-likeness (QED) is 0.478. The van der Waals surface area contributed by atoms with Crippen LogP contribution in [0.3, 0.4) is 0 Å². The number of tetrazole rings is 1. The highest BCUT2D eigenvalue weighted by molar-refractivity contribution is 7.99. The molecule has 0 atom stereocenters. The lowest BCUT2D eigenvalue weighted by Gasteiger charge is -2.25. The standard InChI is InChI=1S/C19H20N6OS/c26-18(14-27-19-20-22-23-25(19)17-11-12-17)21-24(16-9-5-2-6-10-16)13-15-7-3-1-4-8-15/h1-10,17H,11-14H2,(H,21,26). The third-order valence-corrected chi connectivity index (χ3v) is 5.13. The van der Waals surface area contributed by atoms with Gasteiger partial charge in [0.15, 0.2) is 0 Å². The van der Waals surface area contributed by atoms with Gasteiger partial charge in [-0.05, 0) is 41.0 Å². The van der Waals surface area contributed by atoms with Gasteiger partial charge in [0, 0.05) is 0 Å². The van der Waals surface area contributed by atoms with E-state index in [0.717, 1.165) is 24.1 Å². The number of hydrogen-bond donors (Lipinski definition) is 1. The van der Waals surface area contributed by atoms with E-state index < -0.39 is 0 Å². The molecule has 0 spiro atoms. The molecule has 0 unspecified atom stereocenters. The Kier molecular flexibility index (Phi) is 5.34. The molecule has 0 bridgehead atoms. The van der Waals surface area contributed by atoms with Gasteiger partial charge in [-0.15, -0.1) is 5.10 Å². The summed E-state index contributed by atoms with van der Waals surface area (Å²) in [6, 6.07) is 20.3. The Morgan fingerprint density at radius 1 is 1.11 bits per heavy atom. The Morgan fingerprint density at radius 2 is 1.81 bits per heavy atom. The fraction of sp³-hybridized carbons (Fsp3) is 0.263. The van der Waals surface area contributed by atoms with Crippen molar-refractivity contribution in [1.82, 2.24) is 25.6 Å². The van der Waals surface area contributed by atoms with Gasteiger partial charge in [-0.2, -0.15) is 0 Å². The van der Waals surface area contributed by atoms with Gasteiger partial charge in [0.05, 0.1) is 24.0 Å². The summed E-state index contributed by atoms with van der Waals surface area (Å²) in [5.74, 6) is 0.163. The number of nitrogens with zero attached hydrogens (tertiary/aromatic N) is 5. The molecule has 1 N–H and O–H groups in total. The second-order valence-electron chi connectivity index (χ2n) is 6.37. The van der Waals surface area contributed by atoms with Crippen LogP contribution >= 0.6 is 11.8 Å². The summed E-state index contributed by atoms with van der Waals surface area (Å²) in [6.07, 6.45) is 2.20. The average Bonchev–Trinajstić information content (AvgIpc) is 3.45. The molecule has 138 valence electrons. The summed E-state index contributed by atoms with van der Waals surface area (Å²) < 4.78 is 1.82. The maximum Gasteiger partial charge on any atom is 0.248 e. The van der Waals surface area contributed by atoms with Crippen LogP contribution in [0.4, 0.5) is 5.69 Å². The number of nitrogens with one attached hydrogen (secondary N) is 1. The van der Waals surface area contributed by atoms with E-state index in [-0.39, 0.29) is 11.7 Å². The van der Waals surface area contributed by atoms with Crippen molar-refractivity contribution in [3.05, 3.63) is 66.2 Å². The normalized spacial score (nSPS) is 13.3. The molecule has 1 aliphatic rings. The fourth-order valence-corrected chi connectivity index (χ4v) is 3.45. The zero-order valence-electron chi connectivity index (χ0n) is 14.7. The van der Waals surface area contributed by atoms with Crippen LogP contribution in [-0.4, -0.2) is 31.9 Å². The molecular formula is C19H20N6OS. The lowest BCUT2D eigenvalue weighted by molar-refractivity contribution is -0.118. The van der Waals surface area contributed by atoms with Crippen molar-refractivity contribution in [3.63, 3.8) is 0 Å². The average molecular weight is 380 g/mol. The molecule has 7 nitrogen and oxygen atoms in total. The largest absolute Gasteiger partial charge is 0.281 e. The van der Waals surface area contributed by atoms with E-state index in [4.69, 9.17) is 0 Å². The Labute approximate surface area is 161 Å². The molecule has 1 aliphatic carbocycles. The molecule has 4 rings (SSSR count). The van der Waals surface area contributed by atoms with Crippen molar-refractivity contribution in [1.29, 1.82) is 0 Å². The van der Waals surface area contributed by atoms with Gasteiger partial charge in [-0.25, -0.2) is 4.68 Å². The number of anilines is 1. The molecule has 1 aromatic heterocycles. The zero-order valence-corrected chi connectivity index (χ0v) is 15.5. The van der Waals surface area contributed by atoms with Crippen molar-refractivity contribution in [2.75, 3.05) is 10.8 Å². The van der Waals surface area contributed by atoms with Gasteiger partial charge in [-0.1, -0.05) is 60.3 Å². The van der Waals surface area contributed by atoms with Crippen molar-refractivity contribution < 1.29 is 4.79 Å². The molecule has 8 heteroatoms. The highest BCUT2D eigenvalue weighted by Gasteiger charge is 2.28. The van der Waals surface area contributed by atoms with Crippen LogP contribution < -0.4 is 10.4 Å². The summed E-state index contributed by atoms with van der Waals surface area (Å²) in [7, 11) is 0. The highest BCUT2D eigenvalue weighted by Crippen LogP contribution is 2.36. The zero-order chi connectivity index (χ0) is 18.5. The SMILES string of the molecule is O=C(CSc1nnnn1C1CC1)NN(Cc1ccccc1)c1ccccc1. The highest BCUT2D eigenvalue weighted by atomic mass is 32.2. The van der Waals surface area contributed by atoms with Crippen LogP contribution in [0.25, 0.3) is 0 Å². The fourth-order valence-electron chi connectivity index (χ4n) is 2.71. The minimum Gasteiger partial charge on any atom is -0.281 e. The molecule has 1 amide bonds. The second kappa shape index (κ2) is 8.22. The number of carbonyl (C=O) groups is 1. The third kappa shape index (κ3) is 4.65. The summed E-state index contributed by atoms with van der Waals surface area (Å²) in [4.78, 5) is 12.6. The van der Waals surface area contributed by atoms with Crippen LogP contribution in [0.2, 0.25) is 0 Å². The molecule has 0 radical (unpaired) electrons. The smallest absolute Gasteiger partial charge is 0.248 e. The monoisotopic (exact) mass is 380 g/mol. The first-order chi connectivity index (χ1) is 13.3. The molecule has 2 aromatic carbocycles. The van der Waals surface area contributed by atoms with Crippen molar-refractivity contribution in [2.45, 2.75) is 30.6 Å². The maximum absolute atomic E-state index is 12.6. The van der Waals surface area contributed by atoms with Gasteiger partial charge in [-0.3, -0.25) is 15.2 Å². The maximum atomic E-state index is 12.6. The first-order valence-corrected chi connectivity index (χ1v) is 9.85. The number of para-hydroxylation sites is 1. The van der Waals surface area contributed by atoms with Crippen molar-refractivity contribution in [3.8, 4) is 0 Å². The lowest BCUT2D eigenvalue weighted by Crippen LogP contribution is -2.42. The van der Waals surface area contributed by atoms with E-state index in [1.165, 1.54) is 11.8 Å². The molecule has 3 aromatic rings. The van der Waals surface area contributed by atoms with Gasteiger partial charge >= 0.3 is 0 Å². The van der Waals surface area contributed by atoms with E-state index in [1.54, 1.807) is 0 Å². The van der Waals surface area contributed by atoms with Crippen LogP contribution in [-0.2, 0) is 11.3 Å². The molecule has 1 heterocycles. The molecule has 27 heavy (non-hydrogen) atoms. The van der Waals surface area contributed by atoms with Gasteiger partial charge in [0.1, 0.15) is 0 Å². The van der Waals surface area contributed by atoms with Gasteiger partial charge in [0.25, 0.3) is 0 Å². The van der Waals surface area contributed by atoms with Crippen molar-refractivity contribution in [2.24, 2.45) is 0 Å². The summed E-state index contributed by atoms with van der Waals surface area (Å²) in [5.41, 5.74) is 5.05. The number of hydrogen-bond acceptors (Lipinski definition) is 6. The third-order valence-electron chi connectivity index (χ3n) is 4.20. The van der Waals surface area contributed by atoms with E-state index in [9.17, 15) is 4.79 Å². The minimum absolute atomic E-state index is 0.0925. The van der Waals surface area contributed by atoms with E-state index >= 15 is 0 Å².